The lowest BCUT2D eigenvalue weighted by molar-refractivity contribution is 0.0903. The van der Waals surface area contributed by atoms with Crippen LogP contribution in [0.25, 0.3) is 11.0 Å². The molecule has 2 aromatic heterocycles. The number of aromatic nitrogens is 4. The molecule has 0 aliphatic carbocycles. The number of rotatable bonds is 8. The maximum atomic E-state index is 13.2. The number of Topliss-reactive ketones (excluding diaryl/α,β-unsaturated/α-hetero) is 1. The highest BCUT2D eigenvalue weighted by Gasteiger charge is 2.21. The Balaban J connectivity index is 1.37. The number of aryl methyl sites for hydroxylation is 1. The Bertz CT molecular complexity index is 1550. The van der Waals surface area contributed by atoms with E-state index in [0.29, 0.717) is 28.4 Å². The molecule has 0 radical (unpaired) electrons. The van der Waals surface area contributed by atoms with Crippen LogP contribution in [0.4, 0.5) is 17.5 Å². The van der Waals surface area contributed by atoms with E-state index in [1.165, 1.54) is 6.33 Å². The molecule has 0 atom stereocenters. The van der Waals surface area contributed by atoms with Crippen molar-refractivity contribution in [1.82, 2.24) is 19.9 Å². The molecule has 0 amide bonds. The van der Waals surface area contributed by atoms with Crippen molar-refractivity contribution in [3.05, 3.63) is 77.2 Å². The van der Waals surface area contributed by atoms with Gasteiger partial charge in [0.2, 0.25) is 5.95 Å². The van der Waals surface area contributed by atoms with Crippen molar-refractivity contribution in [1.29, 1.82) is 5.26 Å². The van der Waals surface area contributed by atoms with E-state index in [2.05, 4.69) is 31.7 Å². The third-order valence-electron chi connectivity index (χ3n) is 7.04. The van der Waals surface area contributed by atoms with Gasteiger partial charge in [0.25, 0.3) is 0 Å². The van der Waals surface area contributed by atoms with Gasteiger partial charge in [0.05, 0.1) is 17.7 Å². The zero-order valence-corrected chi connectivity index (χ0v) is 22.4. The van der Waals surface area contributed by atoms with Gasteiger partial charge in [-0.25, -0.2) is 19.9 Å². The standard InChI is InChI=1S/C30H31N7O2/c1-19-7-8-20(14-26(38)21-5-4-6-22(15-21)30(2,3)17-31)13-24(19)36-28-27-25(33-18-34-28)16-32-29(37-27)35-23-9-11-39-12-10-23/h4-8,13,15-16,18,23H,9-12,14H2,1-3H3,(H,32,35,37)(H,33,34,36). The monoisotopic (exact) mass is 521 g/mol. The summed E-state index contributed by atoms with van der Waals surface area (Å²) in [7, 11) is 0. The number of nitriles is 1. The second-order valence-electron chi connectivity index (χ2n) is 10.4. The van der Waals surface area contributed by atoms with E-state index in [1.807, 2.05) is 57.2 Å². The van der Waals surface area contributed by atoms with Crippen molar-refractivity contribution in [3.63, 3.8) is 0 Å². The molecule has 0 saturated carbocycles. The van der Waals surface area contributed by atoms with E-state index >= 15 is 0 Å². The number of nitrogens with zero attached hydrogens (tertiary/aromatic N) is 5. The lowest BCUT2D eigenvalue weighted by atomic mass is 9.85. The fraction of sp³-hybridized carbons (Fsp3) is 0.333. The largest absolute Gasteiger partial charge is 0.381 e. The van der Waals surface area contributed by atoms with E-state index in [4.69, 9.17) is 9.72 Å². The van der Waals surface area contributed by atoms with Crippen molar-refractivity contribution in [2.75, 3.05) is 23.8 Å². The molecule has 5 rings (SSSR count). The predicted molar refractivity (Wildman–Crippen MR) is 150 cm³/mol. The van der Waals surface area contributed by atoms with Crippen LogP contribution in [0.15, 0.2) is 55.0 Å². The van der Waals surface area contributed by atoms with Gasteiger partial charge in [0.1, 0.15) is 17.4 Å². The zero-order chi connectivity index (χ0) is 27.4. The zero-order valence-electron chi connectivity index (χ0n) is 22.4. The van der Waals surface area contributed by atoms with Gasteiger partial charge in [0, 0.05) is 36.9 Å². The summed E-state index contributed by atoms with van der Waals surface area (Å²) in [6, 6.07) is 15.8. The number of carbonyl (C=O) groups is 1. The molecule has 2 aromatic carbocycles. The number of ether oxygens (including phenoxy) is 1. The first-order valence-electron chi connectivity index (χ1n) is 13.1. The first kappa shape index (κ1) is 26.2. The molecule has 4 aromatic rings. The first-order valence-corrected chi connectivity index (χ1v) is 13.1. The number of hydrogen-bond acceptors (Lipinski definition) is 9. The molecule has 198 valence electrons. The van der Waals surface area contributed by atoms with Crippen LogP contribution in [-0.4, -0.2) is 45.0 Å². The second kappa shape index (κ2) is 11.1. The van der Waals surface area contributed by atoms with E-state index in [9.17, 15) is 10.1 Å². The SMILES string of the molecule is Cc1ccc(CC(=O)c2cccc(C(C)(C)C#N)c2)cc1Nc1ncnc2cnc(NC3CCOCC3)nc12. The van der Waals surface area contributed by atoms with Gasteiger partial charge in [-0.3, -0.25) is 4.79 Å². The fourth-order valence-corrected chi connectivity index (χ4v) is 4.51. The Hall–Kier alpha value is -4.42. The van der Waals surface area contributed by atoms with Crippen molar-refractivity contribution in [2.24, 2.45) is 0 Å². The number of benzene rings is 2. The number of hydrogen-bond donors (Lipinski definition) is 2. The van der Waals surface area contributed by atoms with Crippen LogP contribution in [0.1, 0.15) is 53.7 Å². The normalized spacial score (nSPS) is 14.1. The Morgan fingerprint density at radius 1 is 1.13 bits per heavy atom. The van der Waals surface area contributed by atoms with E-state index in [1.54, 1.807) is 12.3 Å². The van der Waals surface area contributed by atoms with Crippen LogP contribution < -0.4 is 10.6 Å². The number of ketones is 1. The molecule has 39 heavy (non-hydrogen) atoms. The molecule has 3 heterocycles. The fourth-order valence-electron chi connectivity index (χ4n) is 4.51. The molecule has 1 saturated heterocycles. The Labute approximate surface area is 227 Å². The molecule has 0 bridgehead atoms. The van der Waals surface area contributed by atoms with Crippen LogP contribution in [0.5, 0.6) is 0 Å². The molecule has 1 aliphatic rings. The highest BCUT2D eigenvalue weighted by molar-refractivity contribution is 5.98. The summed E-state index contributed by atoms with van der Waals surface area (Å²) >= 11 is 0. The molecule has 0 spiro atoms. The molecule has 9 heteroatoms. The first-order chi connectivity index (χ1) is 18.8. The number of fused-ring (bicyclic) bond motifs is 1. The Kier molecular flexibility index (Phi) is 7.48. The third kappa shape index (κ3) is 6.02. The minimum absolute atomic E-state index is 0.00977. The summed E-state index contributed by atoms with van der Waals surface area (Å²) in [5.74, 6) is 1.09. The number of nitrogens with one attached hydrogen (secondary N) is 2. The van der Waals surface area contributed by atoms with E-state index in [0.717, 1.165) is 48.4 Å². The van der Waals surface area contributed by atoms with Crippen LogP contribution in [0.2, 0.25) is 0 Å². The van der Waals surface area contributed by atoms with Gasteiger partial charge >= 0.3 is 0 Å². The van der Waals surface area contributed by atoms with Crippen molar-refractivity contribution in [3.8, 4) is 6.07 Å². The van der Waals surface area contributed by atoms with Crippen molar-refractivity contribution in [2.45, 2.75) is 51.5 Å². The maximum absolute atomic E-state index is 13.2. The van der Waals surface area contributed by atoms with E-state index in [-0.39, 0.29) is 18.2 Å². The van der Waals surface area contributed by atoms with Gasteiger partial charge in [-0.2, -0.15) is 5.26 Å². The number of carbonyl (C=O) groups excluding carboxylic acids is 1. The van der Waals surface area contributed by atoms with Crippen molar-refractivity contribution >= 4 is 34.3 Å². The van der Waals surface area contributed by atoms with Gasteiger partial charge in [-0.1, -0.05) is 30.3 Å². The van der Waals surface area contributed by atoms with Crippen LogP contribution in [-0.2, 0) is 16.6 Å². The summed E-state index contributed by atoms with van der Waals surface area (Å²) < 4.78 is 5.44. The van der Waals surface area contributed by atoms with Crippen molar-refractivity contribution < 1.29 is 9.53 Å². The summed E-state index contributed by atoms with van der Waals surface area (Å²) in [6.07, 6.45) is 5.22. The quantitative estimate of drug-likeness (QED) is 0.297. The maximum Gasteiger partial charge on any atom is 0.223 e. The third-order valence-corrected chi connectivity index (χ3v) is 7.04. The highest BCUT2D eigenvalue weighted by Crippen LogP contribution is 2.27. The molecule has 1 aliphatic heterocycles. The summed E-state index contributed by atoms with van der Waals surface area (Å²) in [5.41, 5.74) is 4.70. The lowest BCUT2D eigenvalue weighted by Crippen LogP contribution is -2.28. The molecular formula is C30H31N7O2. The molecule has 9 nitrogen and oxygen atoms in total. The predicted octanol–water partition coefficient (Wildman–Crippen LogP) is 5.29. The average Bonchev–Trinajstić information content (AvgIpc) is 2.95. The number of anilines is 3. The van der Waals surface area contributed by atoms with Gasteiger partial charge < -0.3 is 15.4 Å². The molecule has 2 N–H and O–H groups in total. The Morgan fingerprint density at radius 3 is 2.74 bits per heavy atom. The minimum Gasteiger partial charge on any atom is -0.381 e. The second-order valence-corrected chi connectivity index (χ2v) is 10.4. The van der Waals surface area contributed by atoms with Crippen LogP contribution in [0.3, 0.4) is 0 Å². The molecule has 0 unspecified atom stereocenters. The Morgan fingerprint density at radius 2 is 1.95 bits per heavy atom. The van der Waals surface area contributed by atoms with Gasteiger partial charge in [0.15, 0.2) is 11.6 Å². The lowest BCUT2D eigenvalue weighted by Gasteiger charge is -2.23. The minimum atomic E-state index is -0.665. The topological polar surface area (TPSA) is 126 Å². The smallest absolute Gasteiger partial charge is 0.223 e. The van der Waals surface area contributed by atoms with E-state index < -0.39 is 5.41 Å². The van der Waals surface area contributed by atoms with Gasteiger partial charge in [-0.15, -0.1) is 0 Å². The summed E-state index contributed by atoms with van der Waals surface area (Å²) in [6.45, 7) is 7.14. The summed E-state index contributed by atoms with van der Waals surface area (Å²) in [4.78, 5) is 31.1. The molecular weight excluding hydrogens is 490 g/mol. The molecule has 1 fully saturated rings. The highest BCUT2D eigenvalue weighted by atomic mass is 16.5. The summed E-state index contributed by atoms with van der Waals surface area (Å²) in [5, 5.41) is 16.3. The van der Waals surface area contributed by atoms with Crippen LogP contribution >= 0.6 is 0 Å². The average molecular weight is 522 g/mol. The van der Waals surface area contributed by atoms with Crippen LogP contribution in [0, 0.1) is 18.3 Å². The van der Waals surface area contributed by atoms with Gasteiger partial charge in [-0.05, 0) is 62.4 Å².